The van der Waals surface area contributed by atoms with E-state index in [0.29, 0.717) is 16.9 Å². The molecule has 0 radical (unpaired) electrons. The zero-order chi connectivity index (χ0) is 17.4. The Morgan fingerprint density at radius 3 is 2.88 bits per heavy atom. The average molecular weight is 333 g/mol. The van der Waals surface area contributed by atoms with Crippen LogP contribution in [0.25, 0.3) is 11.0 Å². The van der Waals surface area contributed by atoms with Crippen molar-refractivity contribution in [3.63, 3.8) is 0 Å². The maximum absolute atomic E-state index is 13.9. The Hall–Kier alpha value is -2.61. The van der Waals surface area contributed by atoms with Gasteiger partial charge in [0.15, 0.2) is 5.65 Å². The monoisotopic (exact) mass is 333 g/mol. The molecule has 0 aliphatic heterocycles. The lowest BCUT2D eigenvalue weighted by Gasteiger charge is -2.24. The quantitative estimate of drug-likeness (QED) is 0.794. The molecule has 1 aromatic carbocycles. The molecular formula is C16H17F2N5O. The van der Waals surface area contributed by atoms with Crippen LogP contribution in [0.2, 0.25) is 0 Å². The van der Waals surface area contributed by atoms with Crippen LogP contribution in [-0.4, -0.2) is 31.7 Å². The number of aromatic amines is 1. The zero-order valence-electron chi connectivity index (χ0n) is 13.5. The van der Waals surface area contributed by atoms with Gasteiger partial charge < -0.3 is 4.98 Å². The first-order valence-corrected chi connectivity index (χ1v) is 7.43. The van der Waals surface area contributed by atoms with Crippen LogP contribution in [0.5, 0.6) is 0 Å². The van der Waals surface area contributed by atoms with Crippen molar-refractivity contribution in [1.29, 1.82) is 0 Å². The molecule has 1 atom stereocenters. The van der Waals surface area contributed by atoms with Gasteiger partial charge in [-0.25, -0.2) is 13.8 Å². The van der Waals surface area contributed by atoms with Crippen LogP contribution in [0.3, 0.4) is 0 Å². The first kappa shape index (κ1) is 16.3. The minimum Gasteiger partial charge on any atom is -0.309 e. The van der Waals surface area contributed by atoms with Crippen LogP contribution in [0, 0.1) is 11.6 Å². The van der Waals surface area contributed by atoms with E-state index in [-0.39, 0.29) is 17.7 Å². The number of hydrogen-bond acceptors (Lipinski definition) is 4. The summed E-state index contributed by atoms with van der Waals surface area (Å²) in [7, 11) is 3.45. The van der Waals surface area contributed by atoms with Crippen LogP contribution in [0.1, 0.15) is 24.4 Å². The number of nitrogens with zero attached hydrogens (tertiary/aromatic N) is 4. The van der Waals surface area contributed by atoms with Gasteiger partial charge in [-0.05, 0) is 32.2 Å². The molecule has 0 amide bonds. The number of hydrogen-bond donors (Lipinski definition) is 1. The van der Waals surface area contributed by atoms with Gasteiger partial charge in [-0.3, -0.25) is 14.4 Å². The summed E-state index contributed by atoms with van der Waals surface area (Å²) in [5.41, 5.74) is 0.453. The molecule has 2 aromatic heterocycles. The van der Waals surface area contributed by atoms with Crippen LogP contribution >= 0.6 is 0 Å². The molecule has 0 aliphatic rings. The Morgan fingerprint density at radius 1 is 1.38 bits per heavy atom. The first-order chi connectivity index (χ1) is 11.4. The summed E-state index contributed by atoms with van der Waals surface area (Å²) in [6, 6.07) is 2.97. The number of aryl methyl sites for hydroxylation is 1. The molecule has 0 unspecified atom stereocenters. The van der Waals surface area contributed by atoms with Crippen molar-refractivity contribution in [1.82, 2.24) is 24.6 Å². The SMILES string of the molecule is C[C@@H](c1cc(F)ccc1F)N(C)Cc1nc2c(cnn2C)c(=O)[nH]1. The van der Waals surface area contributed by atoms with Gasteiger partial charge in [-0.2, -0.15) is 5.10 Å². The lowest BCUT2D eigenvalue weighted by Crippen LogP contribution is -2.25. The second kappa shape index (κ2) is 6.12. The second-order valence-corrected chi connectivity index (χ2v) is 5.78. The Balaban J connectivity index is 1.89. The van der Waals surface area contributed by atoms with Gasteiger partial charge in [-0.1, -0.05) is 0 Å². The zero-order valence-corrected chi connectivity index (χ0v) is 13.5. The molecule has 2 heterocycles. The van der Waals surface area contributed by atoms with E-state index in [9.17, 15) is 13.6 Å². The van der Waals surface area contributed by atoms with Gasteiger partial charge >= 0.3 is 0 Å². The Kier molecular flexibility index (Phi) is 4.15. The predicted octanol–water partition coefficient (Wildman–Crippen LogP) is 2.13. The van der Waals surface area contributed by atoms with Gasteiger partial charge in [0.05, 0.1) is 12.7 Å². The van der Waals surface area contributed by atoms with E-state index in [1.54, 1.807) is 25.9 Å². The van der Waals surface area contributed by atoms with Crippen LogP contribution in [0.4, 0.5) is 8.78 Å². The molecule has 0 fully saturated rings. The van der Waals surface area contributed by atoms with Gasteiger partial charge in [-0.15, -0.1) is 0 Å². The third kappa shape index (κ3) is 2.92. The fourth-order valence-corrected chi connectivity index (χ4v) is 2.60. The molecule has 0 aliphatic carbocycles. The van der Waals surface area contributed by atoms with E-state index >= 15 is 0 Å². The lowest BCUT2D eigenvalue weighted by molar-refractivity contribution is 0.241. The van der Waals surface area contributed by atoms with Gasteiger partial charge in [0.2, 0.25) is 0 Å². The highest BCUT2D eigenvalue weighted by atomic mass is 19.1. The summed E-state index contributed by atoms with van der Waals surface area (Å²) >= 11 is 0. The summed E-state index contributed by atoms with van der Waals surface area (Å²) in [6.45, 7) is 2.03. The van der Waals surface area contributed by atoms with Crippen molar-refractivity contribution >= 4 is 11.0 Å². The molecule has 0 bridgehead atoms. The standard InChI is InChI=1S/C16H17F2N5O/c1-9(11-6-10(17)4-5-13(11)18)22(2)8-14-20-15-12(16(24)21-14)7-19-23(15)3/h4-7,9H,8H2,1-3H3,(H,20,21,24)/t9-/m0/s1. The van der Waals surface area contributed by atoms with Crippen molar-refractivity contribution < 1.29 is 8.78 Å². The number of nitrogens with one attached hydrogen (secondary N) is 1. The van der Waals surface area contributed by atoms with E-state index in [0.717, 1.165) is 12.1 Å². The third-order valence-corrected chi connectivity index (χ3v) is 4.12. The van der Waals surface area contributed by atoms with Crippen molar-refractivity contribution in [3.8, 4) is 0 Å². The first-order valence-electron chi connectivity index (χ1n) is 7.43. The van der Waals surface area contributed by atoms with Crippen molar-refractivity contribution in [2.45, 2.75) is 19.5 Å². The Bertz CT molecular complexity index is 949. The molecule has 1 N–H and O–H groups in total. The largest absolute Gasteiger partial charge is 0.309 e. The Labute approximate surface area is 136 Å². The molecular weight excluding hydrogens is 316 g/mol. The van der Waals surface area contributed by atoms with E-state index in [1.807, 2.05) is 0 Å². The van der Waals surface area contributed by atoms with Crippen LogP contribution in [-0.2, 0) is 13.6 Å². The minimum absolute atomic E-state index is 0.251. The maximum atomic E-state index is 13.9. The molecule has 0 spiro atoms. The molecule has 24 heavy (non-hydrogen) atoms. The van der Waals surface area contributed by atoms with Gasteiger partial charge in [0, 0.05) is 18.7 Å². The van der Waals surface area contributed by atoms with E-state index in [1.165, 1.54) is 16.9 Å². The molecule has 126 valence electrons. The van der Waals surface area contributed by atoms with Crippen molar-refractivity contribution in [3.05, 3.63) is 57.8 Å². The molecule has 0 saturated carbocycles. The van der Waals surface area contributed by atoms with Crippen LogP contribution < -0.4 is 5.56 Å². The Morgan fingerprint density at radius 2 is 2.12 bits per heavy atom. The number of benzene rings is 1. The molecule has 8 heteroatoms. The summed E-state index contributed by atoms with van der Waals surface area (Å²) < 4.78 is 28.8. The smallest absolute Gasteiger partial charge is 0.262 e. The average Bonchev–Trinajstić information content (AvgIpc) is 2.91. The summed E-state index contributed by atoms with van der Waals surface area (Å²) in [5, 5.41) is 4.42. The predicted molar refractivity (Wildman–Crippen MR) is 85.4 cm³/mol. The summed E-state index contributed by atoms with van der Waals surface area (Å²) in [4.78, 5) is 20.9. The van der Waals surface area contributed by atoms with E-state index in [2.05, 4.69) is 15.1 Å². The number of H-pyrrole nitrogens is 1. The highest BCUT2D eigenvalue weighted by Gasteiger charge is 2.18. The van der Waals surface area contributed by atoms with E-state index in [4.69, 9.17) is 0 Å². The third-order valence-electron chi connectivity index (χ3n) is 4.12. The molecule has 3 rings (SSSR count). The highest BCUT2D eigenvalue weighted by Crippen LogP contribution is 2.23. The van der Waals surface area contributed by atoms with Crippen molar-refractivity contribution in [2.75, 3.05) is 7.05 Å². The topological polar surface area (TPSA) is 66.8 Å². The number of halogens is 2. The fourth-order valence-electron chi connectivity index (χ4n) is 2.60. The number of aromatic nitrogens is 4. The second-order valence-electron chi connectivity index (χ2n) is 5.78. The number of fused-ring (bicyclic) bond motifs is 1. The van der Waals surface area contributed by atoms with E-state index < -0.39 is 17.7 Å². The lowest BCUT2D eigenvalue weighted by atomic mass is 10.1. The maximum Gasteiger partial charge on any atom is 0.262 e. The van der Waals surface area contributed by atoms with Crippen LogP contribution in [0.15, 0.2) is 29.2 Å². The summed E-state index contributed by atoms with van der Waals surface area (Å²) in [6.07, 6.45) is 1.46. The highest BCUT2D eigenvalue weighted by molar-refractivity contribution is 5.72. The summed E-state index contributed by atoms with van der Waals surface area (Å²) in [5.74, 6) is -0.531. The fraction of sp³-hybridized carbons (Fsp3) is 0.312. The van der Waals surface area contributed by atoms with Gasteiger partial charge in [0.1, 0.15) is 22.8 Å². The number of rotatable bonds is 4. The molecule has 3 aromatic rings. The van der Waals surface area contributed by atoms with Crippen molar-refractivity contribution in [2.24, 2.45) is 7.05 Å². The van der Waals surface area contributed by atoms with Gasteiger partial charge in [0.25, 0.3) is 5.56 Å². The minimum atomic E-state index is -0.491. The normalized spacial score (nSPS) is 12.9. The molecule has 0 saturated heterocycles. The molecule has 6 nitrogen and oxygen atoms in total.